The van der Waals surface area contributed by atoms with Crippen molar-refractivity contribution in [1.82, 2.24) is 10.2 Å². The quantitative estimate of drug-likeness (QED) is 0.670. The number of thioether (sulfide) groups is 1. The number of benzene rings is 1. The summed E-state index contributed by atoms with van der Waals surface area (Å²) in [5.41, 5.74) is 1.44. The number of hydrogen-bond donors (Lipinski definition) is 1. The lowest BCUT2D eigenvalue weighted by Gasteiger charge is -2.10. The van der Waals surface area contributed by atoms with E-state index in [0.29, 0.717) is 22.6 Å². The maximum Gasteiger partial charge on any atom is 0.277 e. The minimum absolute atomic E-state index is 0.158. The molecule has 0 aliphatic rings. The molecule has 8 heteroatoms. The van der Waals surface area contributed by atoms with Crippen LogP contribution in [-0.2, 0) is 4.79 Å². The molecule has 0 bridgehead atoms. The van der Waals surface area contributed by atoms with Crippen LogP contribution < -0.4 is 10.1 Å². The molecule has 0 aliphatic carbocycles. The molecule has 130 valence electrons. The maximum atomic E-state index is 12.3. The van der Waals surface area contributed by atoms with Gasteiger partial charge in [0.1, 0.15) is 11.5 Å². The predicted octanol–water partition coefficient (Wildman–Crippen LogP) is 3.77. The molecule has 0 radical (unpaired) electrons. The number of carbonyl (C=O) groups excluding carboxylic acids is 1. The Balaban J connectivity index is 1.61. The summed E-state index contributed by atoms with van der Waals surface area (Å²) in [6.07, 6.45) is 1.56. The van der Waals surface area contributed by atoms with E-state index < -0.39 is 5.25 Å². The predicted molar refractivity (Wildman–Crippen MR) is 93.7 cm³/mol. The lowest BCUT2D eigenvalue weighted by atomic mass is 10.3. The van der Waals surface area contributed by atoms with Crippen molar-refractivity contribution < 1.29 is 18.4 Å². The van der Waals surface area contributed by atoms with E-state index in [0.717, 1.165) is 11.3 Å². The summed E-state index contributed by atoms with van der Waals surface area (Å²) >= 11 is 1.19. The Morgan fingerprint density at radius 3 is 2.64 bits per heavy atom. The molecule has 3 rings (SSSR count). The van der Waals surface area contributed by atoms with Gasteiger partial charge < -0.3 is 18.9 Å². The number of amides is 1. The molecule has 1 atom stereocenters. The third-order valence-electron chi connectivity index (χ3n) is 3.50. The van der Waals surface area contributed by atoms with Crippen LogP contribution in [0.2, 0.25) is 0 Å². The Bertz CT molecular complexity index is 857. The van der Waals surface area contributed by atoms with Gasteiger partial charge >= 0.3 is 0 Å². The average Bonchev–Trinajstić information content (AvgIpc) is 3.24. The summed E-state index contributed by atoms with van der Waals surface area (Å²) in [6, 6.07) is 8.88. The van der Waals surface area contributed by atoms with Gasteiger partial charge in [-0.25, -0.2) is 0 Å². The molecule has 7 nitrogen and oxygen atoms in total. The maximum absolute atomic E-state index is 12.3. The normalized spacial score (nSPS) is 12.0. The van der Waals surface area contributed by atoms with Crippen molar-refractivity contribution in [3.8, 4) is 17.2 Å². The lowest BCUT2D eigenvalue weighted by molar-refractivity contribution is -0.115. The fourth-order valence-electron chi connectivity index (χ4n) is 2.10. The zero-order chi connectivity index (χ0) is 17.8. The molecule has 1 N–H and O–H groups in total. The molecule has 3 aromatic rings. The van der Waals surface area contributed by atoms with E-state index in [2.05, 4.69) is 15.5 Å². The van der Waals surface area contributed by atoms with Gasteiger partial charge in [0.05, 0.1) is 24.2 Å². The van der Waals surface area contributed by atoms with Crippen molar-refractivity contribution in [1.29, 1.82) is 0 Å². The first-order valence-electron chi connectivity index (χ1n) is 7.56. The van der Waals surface area contributed by atoms with Gasteiger partial charge in [0, 0.05) is 5.69 Å². The molecule has 0 saturated heterocycles. The number of hydrogen-bond acceptors (Lipinski definition) is 7. The molecular formula is C17H17N3O4S. The van der Waals surface area contributed by atoms with Gasteiger partial charge in [0.15, 0.2) is 0 Å². The van der Waals surface area contributed by atoms with Crippen LogP contribution in [0.15, 0.2) is 50.7 Å². The van der Waals surface area contributed by atoms with Crippen molar-refractivity contribution in [2.45, 2.75) is 24.3 Å². The lowest BCUT2D eigenvalue weighted by Crippen LogP contribution is -2.22. The molecule has 1 aromatic carbocycles. The van der Waals surface area contributed by atoms with Crippen molar-refractivity contribution in [2.75, 3.05) is 12.4 Å². The van der Waals surface area contributed by atoms with E-state index in [-0.39, 0.29) is 5.91 Å². The number of nitrogens with one attached hydrogen (secondary N) is 1. The van der Waals surface area contributed by atoms with Gasteiger partial charge in [-0.15, -0.1) is 10.2 Å². The molecule has 1 unspecified atom stereocenters. The largest absolute Gasteiger partial charge is 0.497 e. The second-order valence-corrected chi connectivity index (χ2v) is 6.53. The highest BCUT2D eigenvalue weighted by atomic mass is 32.2. The van der Waals surface area contributed by atoms with Crippen LogP contribution in [0.5, 0.6) is 5.75 Å². The van der Waals surface area contributed by atoms with Crippen LogP contribution in [-0.4, -0.2) is 28.5 Å². The average molecular weight is 359 g/mol. The van der Waals surface area contributed by atoms with Crippen LogP contribution >= 0.6 is 11.8 Å². The summed E-state index contributed by atoms with van der Waals surface area (Å²) in [6.45, 7) is 3.59. The van der Waals surface area contributed by atoms with Crippen LogP contribution in [0.25, 0.3) is 11.5 Å². The molecule has 2 heterocycles. The van der Waals surface area contributed by atoms with Gasteiger partial charge in [-0.3, -0.25) is 4.79 Å². The van der Waals surface area contributed by atoms with Crippen LogP contribution in [0, 0.1) is 6.92 Å². The van der Waals surface area contributed by atoms with Gasteiger partial charge in [-0.05, 0) is 44.2 Å². The van der Waals surface area contributed by atoms with Crippen molar-refractivity contribution in [3.63, 3.8) is 0 Å². The van der Waals surface area contributed by atoms with Gasteiger partial charge in [-0.1, -0.05) is 11.8 Å². The smallest absolute Gasteiger partial charge is 0.277 e. The number of anilines is 1. The first kappa shape index (κ1) is 17.1. The van der Waals surface area contributed by atoms with Crippen LogP contribution in [0.1, 0.15) is 12.7 Å². The zero-order valence-electron chi connectivity index (χ0n) is 14.0. The van der Waals surface area contributed by atoms with E-state index in [4.69, 9.17) is 13.6 Å². The molecule has 25 heavy (non-hydrogen) atoms. The number of furan rings is 1. The molecule has 2 aromatic heterocycles. The summed E-state index contributed by atoms with van der Waals surface area (Å²) in [5.74, 6) is 1.64. The third kappa shape index (κ3) is 4.03. The highest BCUT2D eigenvalue weighted by molar-refractivity contribution is 8.00. The summed E-state index contributed by atoms with van der Waals surface area (Å²) in [4.78, 5) is 12.3. The van der Waals surface area contributed by atoms with E-state index in [1.807, 2.05) is 6.92 Å². The zero-order valence-corrected chi connectivity index (χ0v) is 14.8. The molecule has 0 aliphatic heterocycles. The highest BCUT2D eigenvalue weighted by Gasteiger charge is 2.20. The monoisotopic (exact) mass is 359 g/mol. The first-order valence-corrected chi connectivity index (χ1v) is 8.44. The third-order valence-corrected chi connectivity index (χ3v) is 4.43. The fourth-order valence-corrected chi connectivity index (χ4v) is 2.78. The number of aryl methyl sites for hydroxylation is 1. The number of carbonyl (C=O) groups is 1. The Morgan fingerprint density at radius 2 is 2.00 bits per heavy atom. The topological polar surface area (TPSA) is 90.4 Å². The fraction of sp³-hybridized carbons (Fsp3) is 0.235. The molecular weight excluding hydrogens is 342 g/mol. The Hall–Kier alpha value is -2.74. The Labute approximate surface area is 148 Å². The number of methoxy groups -OCH3 is 1. The number of nitrogens with zero attached hydrogens (tertiary/aromatic N) is 2. The summed E-state index contributed by atoms with van der Waals surface area (Å²) in [5, 5.41) is 10.7. The van der Waals surface area contributed by atoms with Crippen molar-refractivity contribution in [2.24, 2.45) is 0 Å². The minimum Gasteiger partial charge on any atom is -0.497 e. The minimum atomic E-state index is -0.402. The standard InChI is InChI=1S/C17H17N3O4S/c1-10-14(8-9-23-10)16-19-20-17(24-16)25-11(2)15(21)18-12-4-6-13(22-3)7-5-12/h4-9,11H,1-3H3,(H,18,21). The highest BCUT2D eigenvalue weighted by Crippen LogP contribution is 2.28. The van der Waals surface area contributed by atoms with E-state index in [1.165, 1.54) is 11.8 Å². The molecule has 1 amide bonds. The van der Waals surface area contributed by atoms with E-state index in [1.54, 1.807) is 50.6 Å². The van der Waals surface area contributed by atoms with E-state index >= 15 is 0 Å². The Morgan fingerprint density at radius 1 is 1.24 bits per heavy atom. The molecule has 0 fully saturated rings. The van der Waals surface area contributed by atoms with Crippen molar-refractivity contribution in [3.05, 3.63) is 42.4 Å². The summed E-state index contributed by atoms with van der Waals surface area (Å²) in [7, 11) is 1.59. The second-order valence-electron chi connectivity index (χ2n) is 5.24. The van der Waals surface area contributed by atoms with E-state index in [9.17, 15) is 4.79 Å². The molecule has 0 saturated carbocycles. The number of aromatic nitrogens is 2. The van der Waals surface area contributed by atoms with Crippen molar-refractivity contribution >= 4 is 23.4 Å². The van der Waals surface area contributed by atoms with Gasteiger partial charge in [0.25, 0.3) is 11.1 Å². The number of ether oxygens (including phenoxy) is 1. The van der Waals surface area contributed by atoms with Crippen LogP contribution in [0.3, 0.4) is 0 Å². The number of rotatable bonds is 6. The SMILES string of the molecule is COc1ccc(NC(=O)C(C)Sc2nnc(-c3ccoc3C)o2)cc1. The Kier molecular flexibility index (Phi) is 5.08. The summed E-state index contributed by atoms with van der Waals surface area (Å²) < 4.78 is 15.9. The second kappa shape index (κ2) is 7.43. The van der Waals surface area contributed by atoms with Crippen LogP contribution in [0.4, 0.5) is 5.69 Å². The van der Waals surface area contributed by atoms with Gasteiger partial charge in [0.2, 0.25) is 5.91 Å². The first-order chi connectivity index (χ1) is 12.1. The molecule has 0 spiro atoms. The van der Waals surface area contributed by atoms with Gasteiger partial charge in [-0.2, -0.15) is 0 Å².